The first-order valence-corrected chi connectivity index (χ1v) is 10.2. The van der Waals surface area contributed by atoms with Gasteiger partial charge in [0.25, 0.3) is 0 Å². The minimum atomic E-state index is -0.397. The molecule has 30 heavy (non-hydrogen) atoms. The smallest absolute Gasteiger partial charge is 0.165 e. The maximum absolute atomic E-state index is 14.1. The normalized spacial score (nSPS) is 11.5. The molecule has 0 aliphatic heterocycles. The van der Waals surface area contributed by atoms with Crippen molar-refractivity contribution in [2.24, 2.45) is 0 Å². The molecule has 158 valence electrons. The Hall–Kier alpha value is -2.85. The Morgan fingerprint density at radius 2 is 1.57 bits per heavy atom. The van der Waals surface area contributed by atoms with E-state index in [1.54, 1.807) is 24.3 Å². The summed E-state index contributed by atoms with van der Waals surface area (Å²) in [6.07, 6.45) is 0.152. The van der Waals surface area contributed by atoms with Crippen LogP contribution in [-0.2, 0) is 16.8 Å². The van der Waals surface area contributed by atoms with Gasteiger partial charge in [-0.2, -0.15) is 0 Å². The van der Waals surface area contributed by atoms with Gasteiger partial charge in [0.15, 0.2) is 11.6 Å². The molecule has 0 radical (unpaired) electrons. The molecule has 0 unspecified atom stereocenters. The van der Waals surface area contributed by atoms with Crippen molar-refractivity contribution in [2.45, 2.75) is 45.8 Å². The number of hydrogen-bond acceptors (Lipinski definition) is 3. The maximum atomic E-state index is 14.1. The van der Waals surface area contributed by atoms with Crippen molar-refractivity contribution in [2.75, 3.05) is 6.61 Å². The van der Waals surface area contributed by atoms with E-state index in [2.05, 4.69) is 26.0 Å². The summed E-state index contributed by atoms with van der Waals surface area (Å²) in [6.45, 7) is 9.21. The van der Waals surface area contributed by atoms with Crippen molar-refractivity contribution in [3.63, 3.8) is 0 Å². The van der Waals surface area contributed by atoms with E-state index in [4.69, 9.17) is 14.2 Å². The van der Waals surface area contributed by atoms with Gasteiger partial charge in [0.1, 0.15) is 11.5 Å². The topological polar surface area (TPSA) is 27.7 Å². The fourth-order valence-electron chi connectivity index (χ4n) is 3.10. The quantitative estimate of drug-likeness (QED) is 0.385. The van der Waals surface area contributed by atoms with Gasteiger partial charge in [-0.05, 0) is 61.4 Å². The first-order chi connectivity index (χ1) is 14.3. The summed E-state index contributed by atoms with van der Waals surface area (Å²) in [5.41, 5.74) is 1.87. The van der Waals surface area contributed by atoms with E-state index >= 15 is 0 Å². The van der Waals surface area contributed by atoms with Gasteiger partial charge in [0.2, 0.25) is 0 Å². The maximum Gasteiger partial charge on any atom is 0.165 e. The lowest BCUT2D eigenvalue weighted by Crippen LogP contribution is -2.24. The molecule has 0 heterocycles. The predicted octanol–water partition coefficient (Wildman–Crippen LogP) is 6.90. The van der Waals surface area contributed by atoms with Crippen LogP contribution in [0.1, 0.15) is 38.8 Å². The van der Waals surface area contributed by atoms with Crippen LogP contribution in [0.15, 0.2) is 72.8 Å². The zero-order chi connectivity index (χ0) is 21.6. The molecule has 0 bridgehead atoms. The Bertz CT molecular complexity index is 934. The van der Waals surface area contributed by atoms with Crippen LogP contribution in [0.3, 0.4) is 0 Å². The van der Waals surface area contributed by atoms with E-state index in [1.165, 1.54) is 11.6 Å². The molecule has 0 N–H and O–H groups in total. The molecule has 3 aromatic carbocycles. The molecule has 3 nitrogen and oxygen atoms in total. The molecular formula is C26H29FO3. The lowest BCUT2D eigenvalue weighted by atomic mass is 9.85. The minimum absolute atomic E-state index is 0.152. The molecular weight excluding hydrogens is 379 g/mol. The highest BCUT2D eigenvalue weighted by Crippen LogP contribution is 2.28. The van der Waals surface area contributed by atoms with Gasteiger partial charge in [-0.1, -0.05) is 50.2 Å². The summed E-state index contributed by atoms with van der Waals surface area (Å²) in [7, 11) is 0. The number of hydrogen-bond donors (Lipinski definition) is 0. The molecule has 0 amide bonds. The average Bonchev–Trinajstić information content (AvgIpc) is 2.71. The van der Waals surface area contributed by atoms with E-state index in [0.717, 1.165) is 11.3 Å². The molecule has 0 aliphatic rings. The molecule has 3 aromatic rings. The predicted molar refractivity (Wildman–Crippen MR) is 118 cm³/mol. The fraction of sp³-hybridized carbons (Fsp3) is 0.308. The summed E-state index contributed by atoms with van der Waals surface area (Å²) in [5, 5.41) is 0. The van der Waals surface area contributed by atoms with E-state index in [0.29, 0.717) is 19.0 Å². The number of ether oxygens (including phenoxy) is 3. The summed E-state index contributed by atoms with van der Waals surface area (Å²) < 4.78 is 31.5. The van der Waals surface area contributed by atoms with Crippen LogP contribution < -0.4 is 9.47 Å². The molecule has 3 rings (SSSR count). The Balaban J connectivity index is 1.59. The summed E-state index contributed by atoms with van der Waals surface area (Å²) in [4.78, 5) is 0. The van der Waals surface area contributed by atoms with Gasteiger partial charge < -0.3 is 14.2 Å². The molecule has 0 aliphatic carbocycles. The second kappa shape index (κ2) is 9.77. The van der Waals surface area contributed by atoms with Gasteiger partial charge in [0, 0.05) is 5.41 Å². The van der Waals surface area contributed by atoms with Crippen molar-refractivity contribution >= 4 is 0 Å². The third kappa shape index (κ3) is 6.07. The highest BCUT2D eigenvalue weighted by molar-refractivity contribution is 5.35. The van der Waals surface area contributed by atoms with Crippen molar-refractivity contribution < 1.29 is 18.6 Å². The first kappa shape index (κ1) is 21.8. The minimum Gasteiger partial charge on any atom is -0.491 e. The zero-order valence-electron chi connectivity index (χ0n) is 18.0. The first-order valence-electron chi connectivity index (χ1n) is 10.2. The van der Waals surface area contributed by atoms with E-state index in [9.17, 15) is 4.39 Å². The lowest BCUT2D eigenvalue weighted by molar-refractivity contribution is 0.0823. The SMILES string of the molecule is CC(C)Oc1ccc(C(C)(C)COCc2ccc(F)c(Oc3ccccc3)c2)cc1. The lowest BCUT2D eigenvalue weighted by Gasteiger charge is -2.25. The summed E-state index contributed by atoms with van der Waals surface area (Å²) in [5.74, 6) is 1.26. The van der Waals surface area contributed by atoms with Crippen molar-refractivity contribution in [3.8, 4) is 17.2 Å². The van der Waals surface area contributed by atoms with Crippen LogP contribution in [0.5, 0.6) is 17.2 Å². The largest absolute Gasteiger partial charge is 0.491 e. The highest BCUT2D eigenvalue weighted by atomic mass is 19.1. The third-order valence-electron chi connectivity index (χ3n) is 4.71. The number of para-hydroxylation sites is 1. The van der Waals surface area contributed by atoms with Gasteiger partial charge in [-0.15, -0.1) is 0 Å². The molecule has 0 atom stereocenters. The van der Waals surface area contributed by atoms with E-state index < -0.39 is 5.82 Å². The van der Waals surface area contributed by atoms with Crippen molar-refractivity contribution in [3.05, 3.63) is 89.7 Å². The fourth-order valence-corrected chi connectivity index (χ4v) is 3.10. The second-order valence-corrected chi connectivity index (χ2v) is 8.25. The standard InChI is InChI=1S/C26H29FO3/c1-19(2)29-23-13-11-21(12-14-23)26(3,4)18-28-17-20-10-15-24(27)25(16-20)30-22-8-6-5-7-9-22/h5-16,19H,17-18H2,1-4H3. The van der Waals surface area contributed by atoms with Crippen molar-refractivity contribution in [1.82, 2.24) is 0 Å². The van der Waals surface area contributed by atoms with Crippen molar-refractivity contribution in [1.29, 1.82) is 0 Å². The monoisotopic (exact) mass is 408 g/mol. The summed E-state index contributed by atoms with van der Waals surface area (Å²) in [6, 6.07) is 22.1. The van der Waals surface area contributed by atoms with E-state index in [-0.39, 0.29) is 17.3 Å². The number of rotatable bonds is 9. The van der Waals surface area contributed by atoms with Gasteiger partial charge in [-0.25, -0.2) is 4.39 Å². The molecule has 0 spiro atoms. The molecule has 0 saturated heterocycles. The van der Waals surface area contributed by atoms with Crippen LogP contribution in [0.2, 0.25) is 0 Å². The highest BCUT2D eigenvalue weighted by Gasteiger charge is 2.21. The van der Waals surface area contributed by atoms with Gasteiger partial charge in [0.05, 0.1) is 19.3 Å². The average molecular weight is 409 g/mol. The van der Waals surface area contributed by atoms with Crippen LogP contribution in [0.4, 0.5) is 4.39 Å². The van der Waals surface area contributed by atoms with E-state index in [1.807, 2.05) is 44.2 Å². The zero-order valence-corrected chi connectivity index (χ0v) is 18.0. The Kier molecular flexibility index (Phi) is 7.11. The van der Waals surface area contributed by atoms with Crippen LogP contribution in [-0.4, -0.2) is 12.7 Å². The number of halogens is 1. The van der Waals surface area contributed by atoms with Crippen LogP contribution >= 0.6 is 0 Å². The summed E-state index contributed by atoms with van der Waals surface area (Å²) >= 11 is 0. The van der Waals surface area contributed by atoms with Gasteiger partial charge >= 0.3 is 0 Å². The number of benzene rings is 3. The Morgan fingerprint density at radius 3 is 2.23 bits per heavy atom. The molecule has 0 aromatic heterocycles. The molecule has 0 saturated carbocycles. The Morgan fingerprint density at radius 1 is 0.867 bits per heavy atom. The van der Waals surface area contributed by atoms with Gasteiger partial charge in [-0.3, -0.25) is 0 Å². The molecule has 0 fully saturated rings. The molecule has 4 heteroatoms. The Labute approximate surface area is 178 Å². The van der Waals surface area contributed by atoms with Crippen LogP contribution in [0.25, 0.3) is 0 Å². The second-order valence-electron chi connectivity index (χ2n) is 8.25. The van der Waals surface area contributed by atoms with Crippen LogP contribution in [0, 0.1) is 5.82 Å². The third-order valence-corrected chi connectivity index (χ3v) is 4.71.